The fraction of sp³-hybridized carbons (Fsp3) is 0.125. The quantitative estimate of drug-likeness (QED) is 0.451. The molecule has 0 aliphatic carbocycles. The predicted octanol–water partition coefficient (Wildman–Crippen LogP) is 1.92. The van der Waals surface area contributed by atoms with Gasteiger partial charge in [0.1, 0.15) is 11.6 Å². The molecule has 0 atom stereocenters. The van der Waals surface area contributed by atoms with Gasteiger partial charge in [-0.2, -0.15) is 9.78 Å². The average molecular weight is 461 g/mol. The fourth-order valence-corrected chi connectivity index (χ4v) is 3.24. The lowest BCUT2D eigenvalue weighted by atomic mass is 10.2. The molecular weight excluding hydrogens is 441 g/mol. The number of pyridine rings is 1. The van der Waals surface area contributed by atoms with E-state index in [1.807, 2.05) is 0 Å². The van der Waals surface area contributed by atoms with Crippen molar-refractivity contribution in [3.63, 3.8) is 0 Å². The topological polar surface area (TPSA) is 108 Å². The first-order valence-corrected chi connectivity index (χ1v) is 10.3. The largest absolute Gasteiger partial charge is 0.497 e. The van der Waals surface area contributed by atoms with E-state index in [2.05, 4.69) is 15.4 Å². The van der Waals surface area contributed by atoms with Gasteiger partial charge in [0.05, 0.1) is 31.6 Å². The highest BCUT2D eigenvalue weighted by Gasteiger charge is 2.21. The second-order valence-electron chi connectivity index (χ2n) is 7.23. The molecule has 2 heterocycles. The van der Waals surface area contributed by atoms with Crippen molar-refractivity contribution < 1.29 is 13.9 Å². The summed E-state index contributed by atoms with van der Waals surface area (Å²) in [7, 11) is 1.50. The minimum Gasteiger partial charge on any atom is -0.497 e. The van der Waals surface area contributed by atoms with Crippen molar-refractivity contribution in [2.24, 2.45) is 0 Å². The Labute approximate surface area is 193 Å². The molecule has 34 heavy (non-hydrogen) atoms. The summed E-state index contributed by atoms with van der Waals surface area (Å²) < 4.78 is 21.1. The van der Waals surface area contributed by atoms with Crippen molar-refractivity contribution in [2.75, 3.05) is 7.11 Å². The number of aromatic nitrogens is 4. The first-order chi connectivity index (χ1) is 16.5. The van der Waals surface area contributed by atoms with Crippen LogP contribution in [0, 0.1) is 5.82 Å². The molecule has 1 amide bonds. The van der Waals surface area contributed by atoms with Gasteiger partial charge in [-0.25, -0.2) is 9.18 Å². The number of nitrogens with zero attached hydrogens (tertiary/aromatic N) is 4. The molecule has 0 saturated carbocycles. The molecule has 2 aromatic heterocycles. The standard InChI is InChI=1S/C24H20FN5O4/c1-34-19-11-9-18(10-12-19)30-24(33)29(15-16-6-2-3-8-20(16)25)23(32)21(28-30)22(31)27-14-17-7-4-5-13-26-17/h2-13H,14-15H2,1H3,(H,27,31). The monoisotopic (exact) mass is 461 g/mol. The highest BCUT2D eigenvalue weighted by Crippen LogP contribution is 2.13. The first-order valence-electron chi connectivity index (χ1n) is 10.3. The molecular formula is C24H20FN5O4. The number of ether oxygens (including phenoxy) is 1. The smallest absolute Gasteiger partial charge is 0.352 e. The summed E-state index contributed by atoms with van der Waals surface area (Å²) in [5, 5.41) is 6.63. The number of amides is 1. The highest BCUT2D eigenvalue weighted by molar-refractivity contribution is 5.91. The number of hydrogen-bond donors (Lipinski definition) is 1. The molecule has 0 bridgehead atoms. The molecule has 0 radical (unpaired) electrons. The number of carbonyl (C=O) groups excluding carboxylic acids is 1. The number of nitrogens with one attached hydrogen (secondary N) is 1. The van der Waals surface area contributed by atoms with Gasteiger partial charge < -0.3 is 10.1 Å². The third kappa shape index (κ3) is 4.75. The number of benzene rings is 2. The zero-order valence-corrected chi connectivity index (χ0v) is 18.1. The van der Waals surface area contributed by atoms with Gasteiger partial charge in [-0.1, -0.05) is 24.3 Å². The molecule has 4 rings (SSSR count). The van der Waals surface area contributed by atoms with Crippen molar-refractivity contribution >= 4 is 5.91 Å². The van der Waals surface area contributed by atoms with Crippen LogP contribution in [0.25, 0.3) is 5.69 Å². The van der Waals surface area contributed by atoms with Gasteiger partial charge in [-0.15, -0.1) is 0 Å². The van der Waals surface area contributed by atoms with Crippen molar-refractivity contribution in [1.29, 1.82) is 0 Å². The van der Waals surface area contributed by atoms with Crippen LogP contribution in [0.4, 0.5) is 4.39 Å². The maximum atomic E-state index is 14.3. The lowest BCUT2D eigenvalue weighted by Crippen LogP contribution is -2.46. The first kappa shape index (κ1) is 22.6. The number of carbonyl (C=O) groups is 1. The van der Waals surface area contributed by atoms with E-state index < -0.39 is 28.7 Å². The molecule has 0 aliphatic heterocycles. The van der Waals surface area contributed by atoms with Gasteiger partial charge in [0.15, 0.2) is 0 Å². The van der Waals surface area contributed by atoms with E-state index in [4.69, 9.17) is 4.74 Å². The van der Waals surface area contributed by atoms with Gasteiger partial charge in [0.25, 0.3) is 11.5 Å². The summed E-state index contributed by atoms with van der Waals surface area (Å²) in [5.41, 5.74) is -1.27. The average Bonchev–Trinajstić information content (AvgIpc) is 2.87. The predicted molar refractivity (Wildman–Crippen MR) is 122 cm³/mol. The Bertz CT molecular complexity index is 1430. The lowest BCUT2D eigenvalue weighted by Gasteiger charge is -2.13. The van der Waals surface area contributed by atoms with E-state index in [1.165, 1.54) is 25.3 Å². The Balaban J connectivity index is 1.79. The van der Waals surface area contributed by atoms with Crippen molar-refractivity contribution in [2.45, 2.75) is 13.1 Å². The van der Waals surface area contributed by atoms with Crippen molar-refractivity contribution in [1.82, 2.24) is 24.6 Å². The van der Waals surface area contributed by atoms with Crippen LogP contribution in [0.1, 0.15) is 21.7 Å². The molecule has 1 N–H and O–H groups in total. The van der Waals surface area contributed by atoms with E-state index in [0.29, 0.717) is 17.1 Å². The Hall–Kier alpha value is -4.60. The number of rotatable bonds is 7. The van der Waals surface area contributed by atoms with Crippen LogP contribution in [0.3, 0.4) is 0 Å². The van der Waals surface area contributed by atoms with Crippen LogP contribution in [0.15, 0.2) is 82.5 Å². The van der Waals surface area contributed by atoms with Gasteiger partial charge in [0.2, 0.25) is 5.69 Å². The minimum atomic E-state index is -0.934. The SMILES string of the molecule is COc1ccc(-n2nc(C(=O)NCc3ccccn3)c(=O)n(Cc3ccccc3F)c2=O)cc1. The summed E-state index contributed by atoms with van der Waals surface area (Å²) in [5.74, 6) is -0.826. The zero-order chi connectivity index (χ0) is 24.1. The molecule has 0 spiro atoms. The maximum absolute atomic E-state index is 14.3. The second-order valence-corrected chi connectivity index (χ2v) is 7.23. The highest BCUT2D eigenvalue weighted by atomic mass is 19.1. The molecule has 9 nitrogen and oxygen atoms in total. The van der Waals surface area contributed by atoms with Gasteiger partial charge >= 0.3 is 5.69 Å². The van der Waals surface area contributed by atoms with Crippen LogP contribution >= 0.6 is 0 Å². The normalized spacial score (nSPS) is 10.6. The van der Waals surface area contributed by atoms with Crippen LogP contribution in [-0.4, -0.2) is 32.3 Å². The van der Waals surface area contributed by atoms with E-state index in [1.54, 1.807) is 54.7 Å². The Morgan fingerprint density at radius 2 is 1.76 bits per heavy atom. The van der Waals surface area contributed by atoms with Crippen LogP contribution in [0.5, 0.6) is 5.75 Å². The summed E-state index contributed by atoms with van der Waals surface area (Å²) in [6, 6.07) is 17.3. The molecule has 2 aromatic carbocycles. The summed E-state index contributed by atoms with van der Waals surface area (Å²) in [6.45, 7) is -0.320. The summed E-state index contributed by atoms with van der Waals surface area (Å²) in [4.78, 5) is 43.3. The molecule has 10 heteroatoms. The van der Waals surface area contributed by atoms with Gasteiger partial charge in [-0.05, 0) is 42.5 Å². The summed E-state index contributed by atoms with van der Waals surface area (Å²) >= 11 is 0. The zero-order valence-electron chi connectivity index (χ0n) is 18.1. The Kier molecular flexibility index (Phi) is 6.58. The van der Waals surface area contributed by atoms with Crippen molar-refractivity contribution in [3.05, 3.63) is 117 Å². The van der Waals surface area contributed by atoms with Crippen LogP contribution < -0.4 is 21.3 Å². The van der Waals surface area contributed by atoms with Crippen LogP contribution in [0.2, 0.25) is 0 Å². The molecule has 4 aromatic rings. The van der Waals surface area contributed by atoms with Gasteiger partial charge in [-0.3, -0.25) is 19.1 Å². The third-order valence-electron chi connectivity index (χ3n) is 5.03. The third-order valence-corrected chi connectivity index (χ3v) is 5.03. The van der Waals surface area contributed by atoms with E-state index in [9.17, 15) is 18.8 Å². The summed E-state index contributed by atoms with van der Waals surface area (Å²) in [6.07, 6.45) is 1.57. The number of methoxy groups -OCH3 is 1. The fourth-order valence-electron chi connectivity index (χ4n) is 3.24. The van der Waals surface area contributed by atoms with Gasteiger partial charge in [0, 0.05) is 11.8 Å². The Morgan fingerprint density at radius 1 is 1.03 bits per heavy atom. The molecule has 172 valence electrons. The van der Waals surface area contributed by atoms with Crippen LogP contribution in [-0.2, 0) is 13.1 Å². The maximum Gasteiger partial charge on any atom is 0.352 e. The Morgan fingerprint density at radius 3 is 2.44 bits per heavy atom. The van der Waals surface area contributed by atoms with Crippen molar-refractivity contribution in [3.8, 4) is 11.4 Å². The number of halogens is 1. The second kappa shape index (κ2) is 9.90. The molecule has 0 unspecified atom stereocenters. The van der Waals surface area contributed by atoms with E-state index in [0.717, 1.165) is 9.25 Å². The van der Waals surface area contributed by atoms with E-state index >= 15 is 0 Å². The lowest BCUT2D eigenvalue weighted by molar-refractivity contribution is 0.0940. The molecule has 0 fully saturated rings. The molecule has 0 aliphatic rings. The minimum absolute atomic E-state index is 0.0514. The van der Waals surface area contributed by atoms with E-state index in [-0.39, 0.29) is 18.7 Å². The number of hydrogen-bond acceptors (Lipinski definition) is 6. The molecule has 0 saturated heterocycles.